The summed E-state index contributed by atoms with van der Waals surface area (Å²) in [5.74, 6) is 0.472. The molecule has 1 aliphatic carbocycles. The Kier molecular flexibility index (Phi) is 6.21. The van der Waals surface area contributed by atoms with Crippen LogP contribution in [-0.4, -0.2) is 33.4 Å². The fourth-order valence-electron chi connectivity index (χ4n) is 4.49. The first kappa shape index (κ1) is 22.6. The van der Waals surface area contributed by atoms with Crippen LogP contribution in [0.2, 0.25) is 0 Å². The van der Waals surface area contributed by atoms with Crippen molar-refractivity contribution in [3.05, 3.63) is 102 Å². The molecule has 0 amide bonds. The van der Waals surface area contributed by atoms with E-state index in [-0.39, 0.29) is 0 Å². The fraction of sp³-hybridized carbons (Fsp3) is 0.172. The number of rotatable bonds is 8. The van der Waals surface area contributed by atoms with E-state index in [1.54, 1.807) is 18.2 Å². The average Bonchev–Trinajstić information content (AvgIpc) is 3.48. The van der Waals surface area contributed by atoms with Gasteiger partial charge in [-0.1, -0.05) is 78.9 Å². The number of benzene rings is 3. The number of carboxylic acids is 1. The smallest absolute Gasteiger partial charge is 0.341 e. The number of nitrogens with zero attached hydrogens (tertiary/aromatic N) is 1. The highest BCUT2D eigenvalue weighted by Crippen LogP contribution is 2.43. The van der Waals surface area contributed by atoms with E-state index in [1.807, 2.05) is 72.8 Å². The Balaban J connectivity index is 1.48. The second kappa shape index (κ2) is 9.60. The van der Waals surface area contributed by atoms with Crippen molar-refractivity contribution >= 4 is 11.5 Å². The minimum Gasteiger partial charge on any atom is -0.482 e. The summed E-state index contributed by atoms with van der Waals surface area (Å²) in [6.07, 6.45) is 3.55. The molecule has 4 aromatic rings. The van der Waals surface area contributed by atoms with Crippen molar-refractivity contribution in [1.82, 2.24) is 4.98 Å². The number of carbonyl (C=O) groups is 1. The summed E-state index contributed by atoms with van der Waals surface area (Å²) < 4.78 is 11.6. The number of aliphatic carboxylic acids is 1. The van der Waals surface area contributed by atoms with Crippen molar-refractivity contribution in [2.45, 2.75) is 24.9 Å². The van der Waals surface area contributed by atoms with Crippen LogP contribution in [0.4, 0.5) is 0 Å². The second-order valence-corrected chi connectivity index (χ2v) is 8.62. The molecule has 1 aromatic heterocycles. The zero-order valence-electron chi connectivity index (χ0n) is 19.1. The third-order valence-corrected chi connectivity index (χ3v) is 6.11. The molecule has 2 N–H and O–H groups in total. The summed E-state index contributed by atoms with van der Waals surface area (Å²) in [7, 11) is 0. The summed E-state index contributed by atoms with van der Waals surface area (Å²) in [6, 6.07) is 26.8. The van der Waals surface area contributed by atoms with Crippen LogP contribution in [0.1, 0.15) is 24.3 Å². The van der Waals surface area contributed by atoms with Crippen LogP contribution in [0.5, 0.6) is 5.75 Å². The van der Waals surface area contributed by atoms with E-state index < -0.39 is 18.2 Å². The first-order valence-corrected chi connectivity index (χ1v) is 11.5. The molecule has 0 fully saturated rings. The summed E-state index contributed by atoms with van der Waals surface area (Å²) in [5.41, 5.74) is 2.90. The van der Waals surface area contributed by atoms with E-state index in [1.165, 1.54) is 0 Å². The number of allylic oxidation sites excluding steroid dienone is 1. The van der Waals surface area contributed by atoms with Gasteiger partial charge in [0, 0.05) is 23.1 Å². The maximum absolute atomic E-state index is 11.7. The van der Waals surface area contributed by atoms with Gasteiger partial charge in [0.15, 0.2) is 12.4 Å². The largest absolute Gasteiger partial charge is 0.482 e. The van der Waals surface area contributed by atoms with Gasteiger partial charge < -0.3 is 19.4 Å². The molecule has 5 rings (SSSR count). The van der Waals surface area contributed by atoms with E-state index in [4.69, 9.17) is 19.2 Å². The number of oxazole rings is 1. The van der Waals surface area contributed by atoms with E-state index in [2.05, 4.69) is 0 Å². The molecule has 1 heterocycles. The van der Waals surface area contributed by atoms with Crippen LogP contribution in [0, 0.1) is 0 Å². The van der Waals surface area contributed by atoms with Gasteiger partial charge in [0.1, 0.15) is 11.4 Å². The Morgan fingerprint density at radius 3 is 2.40 bits per heavy atom. The quantitative estimate of drug-likeness (QED) is 0.349. The molecule has 6 nitrogen and oxygen atoms in total. The molecule has 1 aliphatic rings. The standard InChI is InChI=1S/C29H25NO5/c31-25(32)19-34-23-14-7-9-20(17-23)18-29(33)16-8-15-24(29)28-30-26(21-10-3-1-4-11-21)27(35-28)22-12-5-2-6-13-22/h1-7,9-15,17,33H,8,16,18-19H2,(H,31,32). The van der Waals surface area contributed by atoms with E-state index >= 15 is 0 Å². The first-order valence-electron chi connectivity index (χ1n) is 11.5. The van der Waals surface area contributed by atoms with Crippen LogP contribution >= 0.6 is 0 Å². The second-order valence-electron chi connectivity index (χ2n) is 8.62. The zero-order valence-corrected chi connectivity index (χ0v) is 19.1. The van der Waals surface area contributed by atoms with Crippen molar-refractivity contribution in [1.29, 1.82) is 0 Å². The van der Waals surface area contributed by atoms with E-state index in [0.29, 0.717) is 42.2 Å². The molecule has 176 valence electrons. The Morgan fingerprint density at radius 2 is 1.69 bits per heavy atom. The number of hydrogen-bond donors (Lipinski definition) is 2. The van der Waals surface area contributed by atoms with Gasteiger partial charge in [0.05, 0.1) is 5.60 Å². The SMILES string of the molecule is O=C(O)COc1cccc(CC2(O)CCC=C2c2nc(-c3ccccc3)c(-c3ccccc3)o2)c1. The lowest BCUT2D eigenvalue weighted by atomic mass is 9.88. The molecule has 6 heteroatoms. The van der Waals surface area contributed by atoms with Crippen molar-refractivity contribution in [2.24, 2.45) is 0 Å². The molecule has 35 heavy (non-hydrogen) atoms. The van der Waals surface area contributed by atoms with Gasteiger partial charge in [0.25, 0.3) is 0 Å². The van der Waals surface area contributed by atoms with Crippen molar-refractivity contribution in [3.8, 4) is 28.3 Å². The van der Waals surface area contributed by atoms with E-state index in [0.717, 1.165) is 22.4 Å². The van der Waals surface area contributed by atoms with Gasteiger partial charge in [-0.2, -0.15) is 0 Å². The van der Waals surface area contributed by atoms with Gasteiger partial charge in [-0.25, -0.2) is 9.78 Å². The monoisotopic (exact) mass is 467 g/mol. The Morgan fingerprint density at radius 1 is 0.971 bits per heavy atom. The number of hydrogen-bond acceptors (Lipinski definition) is 5. The lowest BCUT2D eigenvalue weighted by Crippen LogP contribution is -2.30. The van der Waals surface area contributed by atoms with Crippen molar-refractivity contribution in [2.75, 3.05) is 6.61 Å². The summed E-state index contributed by atoms with van der Waals surface area (Å²) in [6.45, 7) is -0.417. The van der Waals surface area contributed by atoms with Crippen LogP contribution in [0.15, 0.2) is 95.4 Å². The van der Waals surface area contributed by atoms with Gasteiger partial charge >= 0.3 is 5.97 Å². The zero-order chi connectivity index (χ0) is 24.3. The van der Waals surface area contributed by atoms with Crippen LogP contribution < -0.4 is 4.74 Å². The van der Waals surface area contributed by atoms with E-state index in [9.17, 15) is 9.90 Å². The molecule has 1 unspecified atom stereocenters. The predicted octanol–water partition coefficient (Wildman–Crippen LogP) is 5.62. The Hall–Kier alpha value is -4.16. The average molecular weight is 468 g/mol. The molecular formula is C29H25NO5. The van der Waals surface area contributed by atoms with Gasteiger partial charge in [0.2, 0.25) is 5.89 Å². The topological polar surface area (TPSA) is 92.8 Å². The molecule has 1 atom stereocenters. The molecule has 0 saturated carbocycles. The normalized spacial score (nSPS) is 17.2. The predicted molar refractivity (Wildman–Crippen MR) is 133 cm³/mol. The summed E-state index contributed by atoms with van der Waals surface area (Å²) in [4.78, 5) is 15.7. The van der Waals surface area contributed by atoms with Crippen molar-refractivity contribution in [3.63, 3.8) is 0 Å². The van der Waals surface area contributed by atoms with Crippen LogP contribution in [-0.2, 0) is 11.2 Å². The molecule has 0 saturated heterocycles. The number of aliphatic hydroxyl groups is 1. The van der Waals surface area contributed by atoms with Crippen LogP contribution in [0.3, 0.4) is 0 Å². The maximum atomic E-state index is 11.7. The number of carboxylic acid groups (broad SMARTS) is 1. The minimum atomic E-state index is -1.17. The summed E-state index contributed by atoms with van der Waals surface area (Å²) >= 11 is 0. The highest BCUT2D eigenvalue weighted by atomic mass is 16.5. The van der Waals surface area contributed by atoms with Gasteiger partial charge in [-0.3, -0.25) is 0 Å². The molecule has 0 aliphatic heterocycles. The molecule has 0 bridgehead atoms. The van der Waals surface area contributed by atoms with Crippen LogP contribution in [0.25, 0.3) is 28.2 Å². The Labute approximate surface area is 203 Å². The molecule has 0 spiro atoms. The van der Waals surface area contributed by atoms with Gasteiger partial charge in [-0.05, 0) is 30.5 Å². The van der Waals surface area contributed by atoms with Crippen molar-refractivity contribution < 1.29 is 24.2 Å². The molecule has 3 aromatic carbocycles. The number of aromatic nitrogens is 1. The first-order chi connectivity index (χ1) is 17.0. The third-order valence-electron chi connectivity index (χ3n) is 6.11. The summed E-state index contributed by atoms with van der Waals surface area (Å²) in [5, 5.41) is 20.6. The lowest BCUT2D eigenvalue weighted by molar-refractivity contribution is -0.139. The highest BCUT2D eigenvalue weighted by Gasteiger charge is 2.39. The maximum Gasteiger partial charge on any atom is 0.341 e. The molecular weight excluding hydrogens is 442 g/mol. The lowest BCUT2D eigenvalue weighted by Gasteiger charge is -2.25. The third kappa shape index (κ3) is 4.88. The fourth-order valence-corrected chi connectivity index (χ4v) is 4.49. The highest BCUT2D eigenvalue weighted by molar-refractivity contribution is 5.80. The molecule has 0 radical (unpaired) electrons. The Bertz CT molecular complexity index is 1300. The minimum absolute atomic E-state index is 0.326. The number of ether oxygens (including phenoxy) is 1. The van der Waals surface area contributed by atoms with Gasteiger partial charge in [-0.15, -0.1) is 0 Å².